The Morgan fingerprint density at radius 2 is 1.86 bits per heavy atom. The van der Waals surface area contributed by atoms with Crippen LogP contribution >= 0.6 is 0 Å². The maximum absolute atomic E-state index is 12.9. The van der Waals surface area contributed by atoms with Gasteiger partial charge < -0.3 is 9.47 Å². The first-order valence-corrected chi connectivity index (χ1v) is 6.38. The molecule has 0 aliphatic heterocycles. The summed E-state index contributed by atoms with van der Waals surface area (Å²) in [5, 5.41) is 0. The van der Waals surface area contributed by atoms with E-state index in [1.807, 2.05) is 5.92 Å². The number of terminal acetylenes is 1. The Morgan fingerprint density at radius 3 is 2.50 bits per heavy atom. The minimum Gasteiger partial charge on any atom is -0.496 e. The third kappa shape index (κ3) is 3.53. The van der Waals surface area contributed by atoms with Gasteiger partial charge in [0.25, 0.3) is 0 Å². The summed E-state index contributed by atoms with van der Waals surface area (Å²) in [4.78, 5) is 0. The van der Waals surface area contributed by atoms with Crippen LogP contribution in [0.1, 0.15) is 16.7 Å². The van der Waals surface area contributed by atoms with Gasteiger partial charge in [-0.15, -0.1) is 6.42 Å². The first-order valence-electron chi connectivity index (χ1n) is 6.38. The van der Waals surface area contributed by atoms with E-state index in [4.69, 9.17) is 15.9 Å². The van der Waals surface area contributed by atoms with Gasteiger partial charge in [-0.3, -0.25) is 0 Å². The van der Waals surface area contributed by atoms with E-state index in [2.05, 4.69) is 0 Å². The average Bonchev–Trinajstić information content (AvgIpc) is 2.52. The second-order valence-electron chi connectivity index (χ2n) is 4.45. The number of hydrogen-bond acceptors (Lipinski definition) is 2. The molecule has 0 unspecified atom stereocenters. The van der Waals surface area contributed by atoms with Gasteiger partial charge in [-0.25, -0.2) is 0 Å². The van der Waals surface area contributed by atoms with Crippen LogP contribution in [0.15, 0.2) is 42.5 Å². The number of halogens is 3. The molecule has 0 saturated carbocycles. The molecule has 0 bridgehead atoms. The fourth-order valence-electron chi connectivity index (χ4n) is 1.96. The van der Waals surface area contributed by atoms with Crippen molar-refractivity contribution in [3.63, 3.8) is 0 Å². The van der Waals surface area contributed by atoms with Crippen molar-refractivity contribution in [2.45, 2.75) is 12.8 Å². The minimum atomic E-state index is -4.52. The first-order chi connectivity index (χ1) is 10.5. The summed E-state index contributed by atoms with van der Waals surface area (Å²) in [5.41, 5.74) is -0.357. The van der Waals surface area contributed by atoms with E-state index < -0.39 is 11.7 Å². The third-order valence-electron chi connectivity index (χ3n) is 3.04. The zero-order valence-corrected chi connectivity index (χ0v) is 11.8. The first kappa shape index (κ1) is 15.8. The molecule has 0 radical (unpaired) electrons. The molecule has 0 atom stereocenters. The highest BCUT2D eigenvalue weighted by atomic mass is 19.4. The van der Waals surface area contributed by atoms with E-state index in [0.29, 0.717) is 5.75 Å². The quantitative estimate of drug-likeness (QED) is 0.785. The monoisotopic (exact) mass is 306 g/mol. The van der Waals surface area contributed by atoms with Crippen molar-refractivity contribution in [2.24, 2.45) is 0 Å². The maximum Gasteiger partial charge on any atom is 0.417 e. The molecule has 114 valence electrons. The summed E-state index contributed by atoms with van der Waals surface area (Å²) in [6.45, 7) is 0.0940. The highest BCUT2D eigenvalue weighted by Crippen LogP contribution is 2.34. The summed E-state index contributed by atoms with van der Waals surface area (Å²) in [7, 11) is 1.52. The van der Waals surface area contributed by atoms with Crippen LogP contribution < -0.4 is 9.47 Å². The van der Waals surface area contributed by atoms with Gasteiger partial charge in [-0.2, -0.15) is 13.2 Å². The SMILES string of the molecule is C#Cc1ccc(OCc2ccccc2OC)cc1C(F)(F)F. The fourth-order valence-corrected chi connectivity index (χ4v) is 1.96. The largest absolute Gasteiger partial charge is 0.496 e. The highest BCUT2D eigenvalue weighted by molar-refractivity contribution is 5.46. The molecule has 0 spiro atoms. The summed E-state index contributed by atoms with van der Waals surface area (Å²) in [6.07, 6.45) is 0.571. The molecule has 0 aliphatic rings. The number of benzene rings is 2. The van der Waals surface area contributed by atoms with Crippen molar-refractivity contribution >= 4 is 0 Å². The molecule has 5 heteroatoms. The molecule has 0 saturated heterocycles. The molecule has 22 heavy (non-hydrogen) atoms. The number of para-hydroxylation sites is 1. The van der Waals surface area contributed by atoms with Crippen LogP contribution in [-0.2, 0) is 12.8 Å². The van der Waals surface area contributed by atoms with Gasteiger partial charge in [-0.05, 0) is 24.3 Å². The minimum absolute atomic E-state index is 0.0940. The van der Waals surface area contributed by atoms with Crippen LogP contribution in [0.4, 0.5) is 13.2 Å². The lowest BCUT2D eigenvalue weighted by atomic mass is 10.1. The molecule has 0 aromatic heterocycles. The molecule has 2 aromatic rings. The Morgan fingerprint density at radius 1 is 1.14 bits per heavy atom. The molecule has 0 fully saturated rings. The molecule has 0 amide bonds. The predicted molar refractivity (Wildman–Crippen MR) is 76.7 cm³/mol. The maximum atomic E-state index is 12.9. The number of rotatable bonds is 4. The summed E-state index contributed by atoms with van der Waals surface area (Å²) >= 11 is 0. The van der Waals surface area contributed by atoms with Gasteiger partial charge in [0.2, 0.25) is 0 Å². The molecule has 0 N–H and O–H groups in total. The zero-order chi connectivity index (χ0) is 16.2. The van der Waals surface area contributed by atoms with Gasteiger partial charge in [0, 0.05) is 11.1 Å². The Balaban J connectivity index is 2.22. The Hall–Kier alpha value is -2.61. The van der Waals surface area contributed by atoms with E-state index >= 15 is 0 Å². The number of ether oxygens (including phenoxy) is 2. The molecule has 2 nitrogen and oxygen atoms in total. The van der Waals surface area contributed by atoms with E-state index in [1.165, 1.54) is 19.2 Å². The van der Waals surface area contributed by atoms with Crippen LogP contribution in [0, 0.1) is 12.3 Å². The molecule has 0 heterocycles. The van der Waals surface area contributed by atoms with E-state index in [9.17, 15) is 13.2 Å². The van der Waals surface area contributed by atoms with E-state index in [0.717, 1.165) is 11.6 Å². The van der Waals surface area contributed by atoms with Crippen LogP contribution in [0.25, 0.3) is 0 Å². The molecular weight excluding hydrogens is 293 g/mol. The highest BCUT2D eigenvalue weighted by Gasteiger charge is 2.33. The molecular formula is C17H13F3O2. The number of methoxy groups -OCH3 is 1. The van der Waals surface area contributed by atoms with Crippen LogP contribution in [0.5, 0.6) is 11.5 Å². The topological polar surface area (TPSA) is 18.5 Å². The average molecular weight is 306 g/mol. The van der Waals surface area contributed by atoms with Crippen molar-refractivity contribution in [1.29, 1.82) is 0 Å². The normalized spacial score (nSPS) is 10.9. The van der Waals surface area contributed by atoms with E-state index in [1.54, 1.807) is 24.3 Å². The number of alkyl halides is 3. The van der Waals surface area contributed by atoms with E-state index in [-0.39, 0.29) is 17.9 Å². The van der Waals surface area contributed by atoms with Crippen molar-refractivity contribution in [3.8, 4) is 23.8 Å². The van der Waals surface area contributed by atoms with Crippen LogP contribution in [0.2, 0.25) is 0 Å². The van der Waals surface area contributed by atoms with Crippen molar-refractivity contribution in [2.75, 3.05) is 7.11 Å². The van der Waals surface area contributed by atoms with Crippen LogP contribution in [0.3, 0.4) is 0 Å². The molecule has 0 aliphatic carbocycles. The van der Waals surface area contributed by atoms with Gasteiger partial charge in [-0.1, -0.05) is 24.1 Å². The second-order valence-corrected chi connectivity index (χ2v) is 4.45. The third-order valence-corrected chi connectivity index (χ3v) is 3.04. The lowest BCUT2D eigenvalue weighted by Crippen LogP contribution is -2.08. The Labute approximate surface area is 126 Å². The standard InChI is InChI=1S/C17H13F3O2/c1-3-12-8-9-14(10-15(12)17(18,19)20)22-11-13-6-4-5-7-16(13)21-2/h1,4-10H,11H2,2H3. The lowest BCUT2D eigenvalue weighted by Gasteiger charge is -2.13. The summed E-state index contributed by atoms with van der Waals surface area (Å²) in [6, 6.07) is 10.7. The Kier molecular flexibility index (Phi) is 4.62. The van der Waals surface area contributed by atoms with Gasteiger partial charge in [0.05, 0.1) is 12.7 Å². The van der Waals surface area contributed by atoms with Gasteiger partial charge in [0.1, 0.15) is 18.1 Å². The predicted octanol–water partition coefficient (Wildman–Crippen LogP) is 4.27. The molecule has 2 aromatic carbocycles. The Bertz CT molecular complexity index is 700. The summed E-state index contributed by atoms with van der Waals surface area (Å²) < 4.78 is 49.4. The van der Waals surface area contributed by atoms with Gasteiger partial charge in [0.15, 0.2) is 0 Å². The van der Waals surface area contributed by atoms with Gasteiger partial charge >= 0.3 is 6.18 Å². The van der Waals surface area contributed by atoms with Crippen LogP contribution in [-0.4, -0.2) is 7.11 Å². The number of hydrogen-bond donors (Lipinski definition) is 0. The van der Waals surface area contributed by atoms with Crippen molar-refractivity contribution in [1.82, 2.24) is 0 Å². The zero-order valence-electron chi connectivity index (χ0n) is 11.8. The fraction of sp³-hybridized carbons (Fsp3) is 0.176. The summed E-state index contributed by atoms with van der Waals surface area (Å²) in [5.74, 6) is 2.73. The van der Waals surface area contributed by atoms with Crippen molar-refractivity contribution in [3.05, 3.63) is 59.2 Å². The molecule has 2 rings (SSSR count). The van der Waals surface area contributed by atoms with Crippen molar-refractivity contribution < 1.29 is 22.6 Å². The second kappa shape index (κ2) is 6.44. The lowest BCUT2D eigenvalue weighted by molar-refractivity contribution is -0.137. The smallest absolute Gasteiger partial charge is 0.417 e.